The molecule has 134 valence electrons. The van der Waals surface area contributed by atoms with Crippen molar-refractivity contribution in [3.63, 3.8) is 0 Å². The molecule has 0 saturated carbocycles. The molecular weight excluding hydrogens is 336 g/mol. The van der Waals surface area contributed by atoms with Crippen LogP contribution in [0.25, 0.3) is 5.69 Å². The first-order chi connectivity index (χ1) is 13.2. The second kappa shape index (κ2) is 7.08. The van der Waals surface area contributed by atoms with E-state index in [-0.39, 0.29) is 5.91 Å². The zero-order chi connectivity index (χ0) is 18.8. The molecule has 0 unspecified atom stereocenters. The van der Waals surface area contributed by atoms with E-state index in [0.29, 0.717) is 17.8 Å². The molecule has 0 aliphatic heterocycles. The molecule has 27 heavy (non-hydrogen) atoms. The number of nitrogens with zero attached hydrogens (tertiary/aromatic N) is 4. The monoisotopic (exact) mass is 356 g/mol. The number of para-hydroxylation sites is 1. The molecule has 4 rings (SSSR count). The Morgan fingerprint density at radius 3 is 2.78 bits per heavy atom. The fourth-order valence-corrected chi connectivity index (χ4v) is 3.66. The minimum atomic E-state index is -0.0785. The average Bonchev–Trinajstić information content (AvgIpc) is 3.31. The van der Waals surface area contributed by atoms with Crippen LogP contribution < -0.4 is 0 Å². The van der Waals surface area contributed by atoms with E-state index in [2.05, 4.69) is 11.2 Å². The standard InChI is InChI=1S/C22H20N4O/c1-25(15-17-8-5-7-16(13-17)14-23)22(27)21-19-11-6-12-20(19)26(24-21)18-9-3-2-4-10-18/h2-5,7-10,13H,6,11-12,15H2,1H3. The quantitative estimate of drug-likeness (QED) is 0.719. The van der Waals surface area contributed by atoms with Crippen molar-refractivity contribution in [1.82, 2.24) is 14.7 Å². The van der Waals surface area contributed by atoms with E-state index in [1.54, 1.807) is 18.0 Å². The maximum Gasteiger partial charge on any atom is 0.274 e. The van der Waals surface area contributed by atoms with Gasteiger partial charge in [-0.2, -0.15) is 10.4 Å². The Morgan fingerprint density at radius 1 is 1.19 bits per heavy atom. The number of carbonyl (C=O) groups excluding carboxylic acids is 1. The van der Waals surface area contributed by atoms with Crippen LogP contribution in [-0.4, -0.2) is 27.6 Å². The summed E-state index contributed by atoms with van der Waals surface area (Å²) >= 11 is 0. The Labute approximate surface area is 158 Å². The Balaban J connectivity index is 1.63. The highest BCUT2D eigenvalue weighted by Gasteiger charge is 2.28. The van der Waals surface area contributed by atoms with Crippen molar-refractivity contribution in [1.29, 1.82) is 5.26 Å². The summed E-state index contributed by atoms with van der Waals surface area (Å²) in [5.41, 5.74) is 5.28. The molecule has 5 nitrogen and oxygen atoms in total. The summed E-state index contributed by atoms with van der Waals surface area (Å²) in [6, 6.07) is 19.4. The largest absolute Gasteiger partial charge is 0.336 e. The van der Waals surface area contributed by atoms with Crippen LogP contribution in [0.15, 0.2) is 54.6 Å². The summed E-state index contributed by atoms with van der Waals surface area (Å²) in [6.07, 6.45) is 2.88. The predicted molar refractivity (Wildman–Crippen MR) is 103 cm³/mol. The molecule has 5 heteroatoms. The predicted octanol–water partition coefficient (Wildman–Crippen LogP) is 3.50. The summed E-state index contributed by atoms with van der Waals surface area (Å²) in [7, 11) is 1.78. The van der Waals surface area contributed by atoms with E-state index < -0.39 is 0 Å². The summed E-state index contributed by atoms with van der Waals surface area (Å²) in [4.78, 5) is 14.8. The van der Waals surface area contributed by atoms with Crippen LogP contribution in [0, 0.1) is 11.3 Å². The van der Waals surface area contributed by atoms with Crippen molar-refractivity contribution in [3.05, 3.63) is 82.7 Å². The Hall–Kier alpha value is -3.39. The topological polar surface area (TPSA) is 61.9 Å². The molecule has 1 aliphatic rings. The van der Waals surface area contributed by atoms with Crippen LogP contribution in [0.1, 0.15) is 39.3 Å². The van der Waals surface area contributed by atoms with E-state index >= 15 is 0 Å². The summed E-state index contributed by atoms with van der Waals surface area (Å²) in [5.74, 6) is -0.0785. The van der Waals surface area contributed by atoms with Crippen LogP contribution in [-0.2, 0) is 19.4 Å². The van der Waals surface area contributed by atoms with Crippen molar-refractivity contribution in [2.45, 2.75) is 25.8 Å². The Kier molecular flexibility index (Phi) is 4.47. The third-order valence-electron chi connectivity index (χ3n) is 4.96. The summed E-state index contributed by atoms with van der Waals surface area (Å²) in [6.45, 7) is 0.446. The maximum atomic E-state index is 13.1. The smallest absolute Gasteiger partial charge is 0.274 e. The molecule has 2 aromatic carbocycles. The highest BCUT2D eigenvalue weighted by atomic mass is 16.2. The van der Waals surface area contributed by atoms with Crippen LogP contribution in [0.3, 0.4) is 0 Å². The molecule has 0 bridgehead atoms. The van der Waals surface area contributed by atoms with Crippen LogP contribution in [0.4, 0.5) is 0 Å². The normalized spacial score (nSPS) is 12.4. The van der Waals surface area contributed by atoms with Crippen molar-refractivity contribution < 1.29 is 4.79 Å². The maximum absolute atomic E-state index is 13.1. The summed E-state index contributed by atoms with van der Waals surface area (Å²) in [5, 5.41) is 13.7. The van der Waals surface area contributed by atoms with E-state index in [9.17, 15) is 4.79 Å². The first-order valence-electron chi connectivity index (χ1n) is 9.08. The van der Waals surface area contributed by atoms with Gasteiger partial charge < -0.3 is 4.90 Å². The highest BCUT2D eigenvalue weighted by molar-refractivity contribution is 5.94. The van der Waals surface area contributed by atoms with Crippen molar-refractivity contribution >= 4 is 5.91 Å². The molecule has 0 fully saturated rings. The number of benzene rings is 2. The molecule has 3 aromatic rings. The van der Waals surface area contributed by atoms with Gasteiger partial charge in [0, 0.05) is 24.8 Å². The number of aromatic nitrogens is 2. The molecule has 0 radical (unpaired) electrons. The highest BCUT2D eigenvalue weighted by Crippen LogP contribution is 2.28. The summed E-state index contributed by atoms with van der Waals surface area (Å²) < 4.78 is 1.92. The van der Waals surface area contributed by atoms with Crippen LogP contribution >= 0.6 is 0 Å². The Bertz CT molecular complexity index is 1030. The second-order valence-corrected chi connectivity index (χ2v) is 6.85. The third kappa shape index (κ3) is 3.22. The van der Waals surface area contributed by atoms with Gasteiger partial charge in [-0.15, -0.1) is 0 Å². The second-order valence-electron chi connectivity index (χ2n) is 6.85. The minimum Gasteiger partial charge on any atom is -0.336 e. The van der Waals surface area contributed by atoms with Crippen molar-refractivity contribution in [2.24, 2.45) is 0 Å². The lowest BCUT2D eigenvalue weighted by atomic mass is 10.1. The van der Waals surface area contributed by atoms with Gasteiger partial charge in [0.15, 0.2) is 5.69 Å². The van der Waals surface area contributed by atoms with Crippen LogP contribution in [0.5, 0.6) is 0 Å². The molecule has 0 spiro atoms. The van der Waals surface area contributed by atoms with Gasteiger partial charge in [-0.1, -0.05) is 30.3 Å². The zero-order valence-corrected chi connectivity index (χ0v) is 15.2. The van der Waals surface area contributed by atoms with Gasteiger partial charge in [-0.25, -0.2) is 4.68 Å². The molecule has 0 saturated heterocycles. The molecule has 1 amide bonds. The molecule has 0 N–H and O–H groups in total. The molecule has 1 aromatic heterocycles. The molecule has 1 aliphatic carbocycles. The molecular formula is C22H20N4O. The number of nitriles is 1. The fraction of sp³-hybridized carbons (Fsp3) is 0.227. The fourth-order valence-electron chi connectivity index (χ4n) is 3.66. The number of rotatable bonds is 4. The lowest BCUT2D eigenvalue weighted by molar-refractivity contribution is 0.0777. The van der Waals surface area contributed by atoms with Gasteiger partial charge in [0.1, 0.15) is 0 Å². The van der Waals surface area contributed by atoms with Crippen molar-refractivity contribution in [2.75, 3.05) is 7.05 Å². The van der Waals surface area contributed by atoms with Gasteiger partial charge in [0.2, 0.25) is 0 Å². The van der Waals surface area contributed by atoms with E-state index in [4.69, 9.17) is 5.26 Å². The van der Waals surface area contributed by atoms with Gasteiger partial charge in [-0.3, -0.25) is 4.79 Å². The van der Waals surface area contributed by atoms with E-state index in [0.717, 1.165) is 41.8 Å². The lowest BCUT2D eigenvalue weighted by Gasteiger charge is -2.16. The first-order valence-corrected chi connectivity index (χ1v) is 9.08. The van der Waals surface area contributed by atoms with Gasteiger partial charge in [0.05, 0.1) is 17.3 Å². The van der Waals surface area contributed by atoms with Crippen LogP contribution in [0.2, 0.25) is 0 Å². The van der Waals surface area contributed by atoms with Crippen molar-refractivity contribution in [3.8, 4) is 11.8 Å². The lowest BCUT2D eigenvalue weighted by Crippen LogP contribution is -2.27. The van der Waals surface area contributed by atoms with E-state index in [1.165, 1.54) is 0 Å². The number of fused-ring (bicyclic) bond motifs is 1. The number of hydrogen-bond acceptors (Lipinski definition) is 3. The Morgan fingerprint density at radius 2 is 2.00 bits per heavy atom. The number of amides is 1. The van der Waals surface area contributed by atoms with Gasteiger partial charge in [-0.05, 0) is 49.1 Å². The van der Waals surface area contributed by atoms with Gasteiger partial charge >= 0.3 is 0 Å². The number of hydrogen-bond donors (Lipinski definition) is 0. The minimum absolute atomic E-state index is 0.0785. The van der Waals surface area contributed by atoms with Gasteiger partial charge in [0.25, 0.3) is 5.91 Å². The zero-order valence-electron chi connectivity index (χ0n) is 15.2. The molecule has 1 heterocycles. The third-order valence-corrected chi connectivity index (χ3v) is 4.96. The average molecular weight is 356 g/mol. The number of carbonyl (C=O) groups is 1. The van der Waals surface area contributed by atoms with E-state index in [1.807, 2.05) is 53.2 Å². The molecule has 0 atom stereocenters. The SMILES string of the molecule is CN(Cc1cccc(C#N)c1)C(=O)c1nn(-c2ccccc2)c2c1CCC2. The first kappa shape index (κ1) is 17.0.